The van der Waals surface area contributed by atoms with Crippen LogP contribution in [0.5, 0.6) is 11.5 Å². The van der Waals surface area contributed by atoms with Crippen LogP contribution in [0.25, 0.3) is 11.0 Å². The average molecular weight is 591 g/mol. The summed E-state index contributed by atoms with van der Waals surface area (Å²) in [6, 6.07) is 30.3. The summed E-state index contributed by atoms with van der Waals surface area (Å²) < 4.78 is 48.1. The van der Waals surface area contributed by atoms with Crippen molar-refractivity contribution in [1.29, 1.82) is 5.26 Å². The zero-order valence-electron chi connectivity index (χ0n) is 23.4. The fraction of sp³-hybridized carbons (Fsp3) is 0.176. The smallest absolute Gasteiger partial charge is 0.343 e. The van der Waals surface area contributed by atoms with Crippen molar-refractivity contribution in [1.82, 2.24) is 0 Å². The van der Waals surface area contributed by atoms with Gasteiger partial charge in [-0.3, -0.25) is 4.31 Å². The fourth-order valence-corrected chi connectivity index (χ4v) is 8.01. The number of para-hydroxylation sites is 3. The molecule has 5 aromatic rings. The molecule has 0 spiro atoms. The van der Waals surface area contributed by atoms with E-state index in [0.29, 0.717) is 39.3 Å². The van der Waals surface area contributed by atoms with Crippen molar-refractivity contribution in [3.8, 4) is 17.6 Å². The van der Waals surface area contributed by atoms with Crippen LogP contribution < -0.4 is 19.4 Å². The number of ether oxygens (including phenoxy) is 2. The van der Waals surface area contributed by atoms with E-state index in [1.807, 2.05) is 25.1 Å². The van der Waals surface area contributed by atoms with Gasteiger partial charge >= 0.3 is 5.63 Å². The molecule has 0 fully saturated rings. The lowest BCUT2D eigenvalue weighted by atomic mass is 9.61. The van der Waals surface area contributed by atoms with Crippen molar-refractivity contribution < 1.29 is 22.3 Å². The molecule has 0 unspecified atom stereocenters. The standard InChI is InChI=1S/C34H26N2O6S/c1-21-15-17-22(18-16-21)43(38,39)36-20-34(19-35)30(23-9-3-6-12-26(23)36)29-31(24-10-4-8-14-28(24)41-33(29)37)42-32(34)25-11-5-7-13-27(25)40-2/h3-18,30,32H,20H2,1-2H3/t30-,32+,34-/m0/s1. The van der Waals surface area contributed by atoms with E-state index in [1.54, 1.807) is 78.9 Å². The van der Waals surface area contributed by atoms with Crippen LogP contribution in [-0.2, 0) is 10.0 Å². The number of hydrogen-bond acceptors (Lipinski definition) is 7. The first-order chi connectivity index (χ1) is 20.8. The molecule has 3 atom stereocenters. The summed E-state index contributed by atoms with van der Waals surface area (Å²) in [5.74, 6) is -0.0932. The van der Waals surface area contributed by atoms with Gasteiger partial charge in [-0.05, 0) is 48.9 Å². The highest BCUT2D eigenvalue weighted by molar-refractivity contribution is 7.92. The second-order valence-electron chi connectivity index (χ2n) is 10.8. The Hall–Kier alpha value is -5.07. The molecule has 43 heavy (non-hydrogen) atoms. The lowest BCUT2D eigenvalue weighted by molar-refractivity contribution is 0.0528. The number of aryl methyl sites for hydroxylation is 1. The Bertz CT molecular complexity index is 2120. The number of rotatable bonds is 4. The van der Waals surface area contributed by atoms with Crippen molar-refractivity contribution in [2.45, 2.75) is 23.8 Å². The third kappa shape index (κ3) is 3.87. The lowest BCUT2D eigenvalue weighted by Gasteiger charge is -2.51. The van der Waals surface area contributed by atoms with Gasteiger partial charge in [-0.1, -0.05) is 66.2 Å². The van der Waals surface area contributed by atoms with Gasteiger partial charge in [0, 0.05) is 11.5 Å². The maximum atomic E-state index is 14.3. The highest BCUT2D eigenvalue weighted by atomic mass is 32.2. The van der Waals surface area contributed by atoms with Gasteiger partial charge in [-0.25, -0.2) is 13.2 Å². The third-order valence-corrected chi connectivity index (χ3v) is 10.2. The molecule has 7 rings (SSSR count). The van der Waals surface area contributed by atoms with E-state index < -0.39 is 33.1 Å². The summed E-state index contributed by atoms with van der Waals surface area (Å²) in [6.45, 7) is 1.60. The largest absolute Gasteiger partial charge is 0.496 e. The molecule has 1 aromatic heterocycles. The van der Waals surface area contributed by atoms with Crippen LogP contribution in [0.15, 0.2) is 111 Å². The maximum Gasteiger partial charge on any atom is 0.343 e. The first-order valence-corrected chi connectivity index (χ1v) is 15.2. The van der Waals surface area contributed by atoms with Gasteiger partial charge in [-0.15, -0.1) is 0 Å². The maximum absolute atomic E-state index is 14.3. The molecular formula is C34H26N2O6S. The van der Waals surface area contributed by atoms with E-state index >= 15 is 0 Å². The minimum Gasteiger partial charge on any atom is -0.496 e. The quantitative estimate of drug-likeness (QED) is 0.233. The first kappa shape index (κ1) is 26.8. The predicted molar refractivity (Wildman–Crippen MR) is 161 cm³/mol. The van der Waals surface area contributed by atoms with Crippen LogP contribution in [-0.4, -0.2) is 22.1 Å². The van der Waals surface area contributed by atoms with Crippen molar-refractivity contribution in [2.75, 3.05) is 18.0 Å². The number of methoxy groups -OCH3 is 1. The molecule has 0 saturated heterocycles. The minimum atomic E-state index is -4.14. The minimum absolute atomic E-state index is 0.0934. The molecular weight excluding hydrogens is 564 g/mol. The molecule has 0 amide bonds. The number of benzene rings is 4. The molecule has 0 N–H and O–H groups in total. The zero-order valence-corrected chi connectivity index (χ0v) is 24.2. The van der Waals surface area contributed by atoms with Crippen molar-refractivity contribution in [3.63, 3.8) is 0 Å². The molecule has 0 aliphatic carbocycles. The highest BCUT2D eigenvalue weighted by Gasteiger charge is 2.61. The van der Waals surface area contributed by atoms with Gasteiger partial charge in [0.25, 0.3) is 10.0 Å². The van der Waals surface area contributed by atoms with E-state index in [-0.39, 0.29) is 17.0 Å². The Labute approximate surface area is 248 Å². The number of fused-ring (bicyclic) bond motifs is 7. The van der Waals surface area contributed by atoms with E-state index in [4.69, 9.17) is 13.9 Å². The highest BCUT2D eigenvalue weighted by Crippen LogP contribution is 2.62. The van der Waals surface area contributed by atoms with Crippen LogP contribution >= 0.6 is 0 Å². The topological polar surface area (TPSA) is 110 Å². The first-order valence-electron chi connectivity index (χ1n) is 13.7. The number of sulfonamides is 1. The number of nitrogens with zero attached hydrogens (tertiary/aromatic N) is 2. The molecule has 0 saturated carbocycles. The van der Waals surface area contributed by atoms with E-state index in [2.05, 4.69) is 6.07 Å². The van der Waals surface area contributed by atoms with Crippen LogP contribution in [0.2, 0.25) is 0 Å². The van der Waals surface area contributed by atoms with Gasteiger partial charge in [0.05, 0.1) is 41.3 Å². The molecule has 214 valence electrons. The number of anilines is 1. The van der Waals surface area contributed by atoms with Crippen LogP contribution in [0.3, 0.4) is 0 Å². The summed E-state index contributed by atoms with van der Waals surface area (Å²) in [6.07, 6.45) is -1.01. The SMILES string of the molecule is COc1ccccc1[C@H]1Oc2c(c(=O)oc3ccccc23)[C@@H]2c3ccccc3N(S(=O)(=O)c3ccc(C)cc3)C[C@@]21C#N. The molecule has 0 bridgehead atoms. The fourth-order valence-electron chi connectivity index (χ4n) is 6.47. The van der Waals surface area contributed by atoms with Crippen LogP contribution in [0.1, 0.15) is 34.3 Å². The normalized spacial score (nSPS) is 20.7. The summed E-state index contributed by atoms with van der Waals surface area (Å²) in [7, 11) is -2.61. The molecule has 2 aliphatic rings. The average Bonchev–Trinajstić information content (AvgIpc) is 3.03. The second-order valence-corrected chi connectivity index (χ2v) is 12.7. The summed E-state index contributed by atoms with van der Waals surface area (Å²) in [4.78, 5) is 13.9. The summed E-state index contributed by atoms with van der Waals surface area (Å²) in [5, 5.41) is 11.8. The van der Waals surface area contributed by atoms with Gasteiger partial charge in [0.2, 0.25) is 0 Å². The Morgan fingerprint density at radius 2 is 1.60 bits per heavy atom. The monoisotopic (exact) mass is 590 g/mol. The molecule has 0 radical (unpaired) electrons. The summed E-state index contributed by atoms with van der Waals surface area (Å²) >= 11 is 0. The van der Waals surface area contributed by atoms with Gasteiger partial charge in [0.15, 0.2) is 0 Å². The Morgan fingerprint density at radius 1 is 0.930 bits per heavy atom. The number of nitriles is 1. The van der Waals surface area contributed by atoms with E-state index in [9.17, 15) is 18.5 Å². The summed E-state index contributed by atoms with van der Waals surface area (Å²) in [5.41, 5.74) is 0.682. The zero-order chi connectivity index (χ0) is 29.9. The Balaban J connectivity index is 1.58. The Kier molecular flexibility index (Phi) is 6.08. The predicted octanol–water partition coefficient (Wildman–Crippen LogP) is 6.09. The van der Waals surface area contributed by atoms with Crippen molar-refractivity contribution in [2.24, 2.45) is 5.41 Å². The molecule has 2 aliphatic heterocycles. The Morgan fingerprint density at radius 3 is 2.35 bits per heavy atom. The molecule has 8 nitrogen and oxygen atoms in total. The molecule has 4 aromatic carbocycles. The van der Waals surface area contributed by atoms with Crippen LogP contribution in [0.4, 0.5) is 5.69 Å². The molecule has 3 heterocycles. The van der Waals surface area contributed by atoms with Crippen molar-refractivity contribution in [3.05, 3.63) is 130 Å². The van der Waals surface area contributed by atoms with Crippen LogP contribution in [0, 0.1) is 23.7 Å². The van der Waals surface area contributed by atoms with Crippen molar-refractivity contribution >= 4 is 26.7 Å². The number of hydrogen-bond donors (Lipinski definition) is 0. The van der Waals surface area contributed by atoms with Gasteiger partial charge in [0.1, 0.15) is 28.6 Å². The molecule has 9 heteroatoms. The van der Waals surface area contributed by atoms with E-state index in [1.165, 1.54) is 11.4 Å². The lowest BCUT2D eigenvalue weighted by Crippen LogP contribution is -2.55. The van der Waals surface area contributed by atoms with Gasteiger partial charge in [-0.2, -0.15) is 5.26 Å². The third-order valence-electron chi connectivity index (χ3n) is 8.47. The van der Waals surface area contributed by atoms with E-state index in [0.717, 1.165) is 5.56 Å². The second kappa shape index (κ2) is 9.75. The van der Waals surface area contributed by atoms with Gasteiger partial charge < -0.3 is 13.9 Å².